The van der Waals surface area contributed by atoms with Crippen LogP contribution in [0.5, 0.6) is 0 Å². The molecule has 0 radical (unpaired) electrons. The van der Waals surface area contributed by atoms with Crippen LogP contribution in [0.2, 0.25) is 0 Å². The van der Waals surface area contributed by atoms with Crippen molar-refractivity contribution < 1.29 is 75.9 Å². The van der Waals surface area contributed by atoms with Gasteiger partial charge in [-0.05, 0) is 0 Å². The molecule has 6 rings (SSSR count). The van der Waals surface area contributed by atoms with E-state index in [9.17, 15) is 28.8 Å². The van der Waals surface area contributed by atoms with Crippen LogP contribution in [0, 0.1) is 0 Å². The van der Waals surface area contributed by atoms with Gasteiger partial charge in [0, 0.05) is 92.2 Å². The molecule has 0 aliphatic rings. The Kier molecular flexibility index (Phi) is 29.1. The van der Waals surface area contributed by atoms with Crippen molar-refractivity contribution in [1.82, 2.24) is 59.8 Å². The van der Waals surface area contributed by atoms with Crippen LogP contribution in [-0.4, -0.2) is 163 Å². The summed E-state index contributed by atoms with van der Waals surface area (Å²) in [4.78, 5) is 101. The molecule has 67 heavy (non-hydrogen) atoms. The minimum Gasteiger partial charge on any atom is -0.480 e. The third-order valence-electron chi connectivity index (χ3n) is 7.81. The van der Waals surface area contributed by atoms with Crippen molar-refractivity contribution in [3.05, 3.63) is 109 Å². The Morgan fingerprint density at radius 3 is 0.522 bits per heavy atom. The fourth-order valence-corrected chi connectivity index (χ4v) is 4.29. The van der Waals surface area contributed by atoms with Crippen molar-refractivity contribution in [3.8, 4) is 0 Å². The predicted octanol–water partition coefficient (Wildman–Crippen LogP) is -3.82. The van der Waals surface area contributed by atoms with Crippen molar-refractivity contribution in [2.45, 2.75) is 74.8 Å². The van der Waals surface area contributed by atoms with E-state index in [2.05, 4.69) is 59.8 Å². The maximum Gasteiger partial charge on any atom is 0.320 e. The molecular formula is C36H54N18NiO12. The molecule has 0 aromatic carbocycles. The molecule has 0 bridgehead atoms. The number of nitrogens with two attached hydrogens (primary N) is 6. The van der Waals surface area contributed by atoms with Gasteiger partial charge in [-0.1, -0.05) is 0 Å². The third-order valence-corrected chi connectivity index (χ3v) is 7.81. The zero-order valence-corrected chi connectivity index (χ0v) is 36.2. The number of carbonyl (C=O) groups is 6. The van der Waals surface area contributed by atoms with Gasteiger partial charge in [-0.2, -0.15) is 0 Å². The average Bonchev–Trinajstić information content (AvgIpc) is 4.11. The summed E-state index contributed by atoms with van der Waals surface area (Å²) in [6.45, 7) is 0. The van der Waals surface area contributed by atoms with Gasteiger partial charge in [0.1, 0.15) is 36.3 Å². The normalized spacial score (nSPS) is 12.6. The molecule has 6 heterocycles. The van der Waals surface area contributed by atoms with Gasteiger partial charge in [-0.3, -0.25) is 28.8 Å². The van der Waals surface area contributed by atoms with E-state index in [1.807, 2.05) is 0 Å². The van der Waals surface area contributed by atoms with E-state index in [0.29, 0.717) is 34.2 Å². The molecule has 31 heteroatoms. The average molecular weight is 990 g/mol. The van der Waals surface area contributed by atoms with Crippen molar-refractivity contribution in [1.29, 1.82) is 0 Å². The van der Waals surface area contributed by atoms with E-state index in [-0.39, 0.29) is 55.0 Å². The van der Waals surface area contributed by atoms with Crippen LogP contribution in [0.15, 0.2) is 75.1 Å². The van der Waals surface area contributed by atoms with E-state index in [1.165, 1.54) is 38.0 Å². The zero-order valence-electron chi connectivity index (χ0n) is 35.2. The van der Waals surface area contributed by atoms with Crippen LogP contribution in [0.3, 0.4) is 0 Å². The van der Waals surface area contributed by atoms with Crippen molar-refractivity contribution in [2.24, 2.45) is 34.4 Å². The largest absolute Gasteiger partial charge is 0.480 e. The van der Waals surface area contributed by atoms with Gasteiger partial charge in [-0.15, -0.1) is 0 Å². The Bertz CT molecular complexity index is 1800. The van der Waals surface area contributed by atoms with Crippen LogP contribution in [-0.2, 0) is 83.8 Å². The van der Waals surface area contributed by atoms with Gasteiger partial charge in [0.2, 0.25) is 0 Å². The van der Waals surface area contributed by atoms with Crippen LogP contribution >= 0.6 is 0 Å². The second-order valence-electron chi connectivity index (χ2n) is 13.3. The molecule has 0 saturated carbocycles. The predicted molar refractivity (Wildman–Crippen MR) is 227 cm³/mol. The molecule has 6 unspecified atom stereocenters. The number of imidazole rings is 6. The first-order chi connectivity index (χ1) is 31.2. The van der Waals surface area contributed by atoms with Crippen LogP contribution < -0.4 is 34.4 Å². The van der Waals surface area contributed by atoms with Crippen LogP contribution in [0.4, 0.5) is 0 Å². The van der Waals surface area contributed by atoms with E-state index >= 15 is 0 Å². The number of aromatic amines is 6. The quantitative estimate of drug-likeness (QED) is 0.0367. The van der Waals surface area contributed by atoms with Crippen LogP contribution in [0.1, 0.15) is 34.2 Å². The molecule has 370 valence electrons. The summed E-state index contributed by atoms with van der Waals surface area (Å²) in [5, 5.41) is 50.5. The second kappa shape index (κ2) is 32.9. The molecule has 0 saturated heterocycles. The topological polar surface area (TPSA) is 552 Å². The van der Waals surface area contributed by atoms with Gasteiger partial charge in [0.25, 0.3) is 0 Å². The maximum atomic E-state index is 10.3. The fourth-order valence-electron chi connectivity index (χ4n) is 4.29. The number of aliphatic carboxylic acids is 6. The van der Waals surface area contributed by atoms with Crippen molar-refractivity contribution in [3.63, 3.8) is 0 Å². The van der Waals surface area contributed by atoms with E-state index in [1.54, 1.807) is 37.2 Å². The summed E-state index contributed by atoms with van der Waals surface area (Å²) >= 11 is 0. The minimum absolute atomic E-state index is 0. The van der Waals surface area contributed by atoms with E-state index in [4.69, 9.17) is 65.0 Å². The molecule has 6 aromatic rings. The van der Waals surface area contributed by atoms with E-state index < -0.39 is 72.1 Å². The summed E-state index contributed by atoms with van der Waals surface area (Å²) < 4.78 is 0. The number of carboxylic acid groups (broad SMARTS) is 6. The summed E-state index contributed by atoms with van der Waals surface area (Å²) in [6, 6.07) is -5.18. The Labute approximate surface area is 389 Å². The van der Waals surface area contributed by atoms with Gasteiger partial charge in [0.15, 0.2) is 0 Å². The van der Waals surface area contributed by atoms with Gasteiger partial charge < -0.3 is 94.9 Å². The minimum atomic E-state index is -1.01. The molecule has 0 amide bonds. The number of hydrogen-bond acceptors (Lipinski definition) is 18. The van der Waals surface area contributed by atoms with Crippen LogP contribution in [0.25, 0.3) is 0 Å². The molecule has 0 spiro atoms. The van der Waals surface area contributed by atoms with Crippen molar-refractivity contribution in [2.75, 3.05) is 0 Å². The molecule has 24 N–H and O–H groups in total. The van der Waals surface area contributed by atoms with E-state index in [0.717, 1.165) is 0 Å². The standard InChI is InChI=1S/6C6H9N3O2.Ni/c6*7-5(6(10)11)1-4-2-8-3-9-4;/h6*2-3,5H,1,7H2,(H,8,9)(H,10,11);. The Hall–Kier alpha value is -7.67. The summed E-state index contributed by atoms with van der Waals surface area (Å²) in [5.74, 6) is -6.04. The molecule has 6 atom stereocenters. The smallest absolute Gasteiger partial charge is 0.320 e. The Balaban J connectivity index is 0.000000778. The Morgan fingerprint density at radius 1 is 0.328 bits per heavy atom. The number of carboxylic acids is 6. The number of rotatable bonds is 18. The van der Waals surface area contributed by atoms with Gasteiger partial charge >= 0.3 is 35.8 Å². The van der Waals surface area contributed by atoms with Gasteiger partial charge in [-0.25, -0.2) is 29.9 Å². The van der Waals surface area contributed by atoms with Gasteiger partial charge in [0.05, 0.1) is 72.1 Å². The number of aromatic nitrogens is 12. The Morgan fingerprint density at radius 2 is 0.448 bits per heavy atom. The molecule has 0 aliphatic carbocycles. The number of nitrogens with one attached hydrogen (secondary N) is 6. The molecule has 0 aliphatic heterocycles. The monoisotopic (exact) mass is 988 g/mol. The third kappa shape index (κ3) is 27.3. The second-order valence-corrected chi connectivity index (χ2v) is 13.3. The number of nitrogens with zero attached hydrogens (tertiary/aromatic N) is 6. The molecular weight excluding hydrogens is 935 g/mol. The SMILES string of the molecule is NC(Cc1c[nH]cn1)C(=O)O.NC(Cc1c[nH]cn1)C(=O)O.NC(Cc1c[nH]cn1)C(=O)O.NC(Cc1c[nH]cn1)C(=O)O.NC(Cc1c[nH]cn1)C(=O)O.NC(Cc1c[nH]cn1)C(=O)O.[Ni]. The maximum absolute atomic E-state index is 10.3. The summed E-state index contributed by atoms with van der Waals surface area (Å²) in [7, 11) is 0. The fraction of sp³-hybridized carbons (Fsp3) is 0.333. The first-order valence-electron chi connectivity index (χ1n) is 19.0. The molecule has 0 fully saturated rings. The summed E-state index contributed by atoms with van der Waals surface area (Å²) in [6.07, 6.45) is 20.3. The first kappa shape index (κ1) is 59.3. The zero-order chi connectivity index (χ0) is 49.6. The first-order valence-corrected chi connectivity index (χ1v) is 19.0. The molecule has 30 nitrogen and oxygen atoms in total. The number of H-pyrrole nitrogens is 6. The number of hydrogen-bond donors (Lipinski definition) is 18. The molecule has 6 aromatic heterocycles. The van der Waals surface area contributed by atoms with Crippen molar-refractivity contribution >= 4 is 35.8 Å². The summed E-state index contributed by atoms with van der Waals surface area (Å²) in [5.41, 5.74) is 35.5.